The number of nitrogens with two attached hydrogens (primary N) is 1. The summed E-state index contributed by atoms with van der Waals surface area (Å²) in [6.07, 6.45) is 0.380. The molecule has 1 rings (SSSR count). The van der Waals surface area contributed by atoms with Crippen LogP contribution in [0.25, 0.3) is 0 Å². The van der Waals surface area contributed by atoms with Gasteiger partial charge in [-0.1, -0.05) is 0 Å². The minimum absolute atomic E-state index is 0.0549. The van der Waals surface area contributed by atoms with Gasteiger partial charge in [-0.05, 0) is 51.1 Å². The molecule has 0 aliphatic carbocycles. The van der Waals surface area contributed by atoms with E-state index in [0.29, 0.717) is 13.0 Å². The molecule has 1 aromatic carbocycles. The predicted molar refractivity (Wildman–Crippen MR) is 79.0 cm³/mol. The molecule has 0 atom stereocenters. The lowest BCUT2D eigenvalue weighted by Gasteiger charge is -2.24. The maximum Gasteiger partial charge on any atom is 0.231 e. The third-order valence-electron chi connectivity index (χ3n) is 3.12. The van der Waals surface area contributed by atoms with Crippen LogP contribution < -0.4 is 5.73 Å². The Bertz CT molecular complexity index is 570. The molecule has 0 bridgehead atoms. The second-order valence-corrected chi connectivity index (χ2v) is 7.27. The van der Waals surface area contributed by atoms with E-state index in [0.717, 1.165) is 12.1 Å². The summed E-state index contributed by atoms with van der Waals surface area (Å²) < 4.78 is 37.0. The van der Waals surface area contributed by atoms with Crippen LogP contribution in [0.15, 0.2) is 29.2 Å². The monoisotopic (exact) mass is 316 g/mol. The van der Waals surface area contributed by atoms with Crippen molar-refractivity contribution in [2.75, 3.05) is 18.8 Å². The molecule has 0 saturated carbocycles. The van der Waals surface area contributed by atoms with Crippen molar-refractivity contribution in [3.8, 4) is 0 Å². The van der Waals surface area contributed by atoms with Crippen molar-refractivity contribution < 1.29 is 17.6 Å². The van der Waals surface area contributed by atoms with Gasteiger partial charge in [0.15, 0.2) is 9.84 Å². The number of hydrogen-bond acceptors (Lipinski definition) is 4. The molecule has 118 valence electrons. The molecule has 1 aromatic rings. The molecular formula is C14H21FN2O3S. The van der Waals surface area contributed by atoms with Gasteiger partial charge in [-0.15, -0.1) is 0 Å². The lowest BCUT2D eigenvalue weighted by atomic mass is 10.3. The first kappa shape index (κ1) is 17.6. The number of halogens is 1. The van der Waals surface area contributed by atoms with Crippen molar-refractivity contribution in [2.24, 2.45) is 5.73 Å². The van der Waals surface area contributed by atoms with Gasteiger partial charge in [0.05, 0.1) is 17.2 Å². The molecule has 5 nitrogen and oxygen atoms in total. The molecule has 0 aliphatic heterocycles. The number of benzene rings is 1. The summed E-state index contributed by atoms with van der Waals surface area (Å²) in [4.78, 5) is 12.9. The first-order valence-electron chi connectivity index (χ1n) is 6.73. The Morgan fingerprint density at radius 3 is 2.33 bits per heavy atom. The summed E-state index contributed by atoms with van der Waals surface area (Å²) in [5.74, 6) is -0.966. The highest BCUT2D eigenvalue weighted by molar-refractivity contribution is 7.91. The van der Waals surface area contributed by atoms with E-state index in [-0.39, 0.29) is 23.2 Å². The fourth-order valence-corrected chi connectivity index (χ4v) is 3.23. The van der Waals surface area contributed by atoms with E-state index in [9.17, 15) is 17.6 Å². The Labute approximate surface area is 124 Å². The zero-order valence-corrected chi connectivity index (χ0v) is 13.1. The smallest absolute Gasteiger partial charge is 0.231 e. The minimum atomic E-state index is -3.44. The normalized spacial score (nSPS) is 12.0. The molecule has 0 radical (unpaired) electrons. The topological polar surface area (TPSA) is 80.5 Å². The second kappa shape index (κ2) is 7.51. The average molecular weight is 316 g/mol. The summed E-state index contributed by atoms with van der Waals surface area (Å²) in [5.41, 5.74) is 5.16. The first-order valence-corrected chi connectivity index (χ1v) is 8.38. The van der Waals surface area contributed by atoms with Crippen molar-refractivity contribution in [1.82, 2.24) is 4.90 Å². The standard InChI is InChI=1S/C14H21FN2O3S/c1-11(2)17(10-14(16)18)8-3-9-21(19,20)13-6-4-12(15)5-7-13/h4-7,11H,3,8-10H2,1-2H3,(H2,16,18). The van der Waals surface area contributed by atoms with Gasteiger partial charge in [0, 0.05) is 6.04 Å². The van der Waals surface area contributed by atoms with Crippen LogP contribution in [-0.4, -0.2) is 44.1 Å². The van der Waals surface area contributed by atoms with Gasteiger partial charge in [0.2, 0.25) is 5.91 Å². The molecule has 0 aliphatic rings. The summed E-state index contributed by atoms with van der Waals surface area (Å²) in [6, 6.07) is 4.87. The minimum Gasteiger partial charge on any atom is -0.369 e. The zero-order valence-electron chi connectivity index (χ0n) is 12.3. The highest BCUT2D eigenvalue weighted by Gasteiger charge is 2.17. The van der Waals surface area contributed by atoms with Gasteiger partial charge in [-0.2, -0.15) is 0 Å². The van der Waals surface area contributed by atoms with Crippen LogP contribution in [-0.2, 0) is 14.6 Å². The van der Waals surface area contributed by atoms with E-state index < -0.39 is 21.6 Å². The summed E-state index contributed by atoms with van der Waals surface area (Å²) >= 11 is 0. The Morgan fingerprint density at radius 1 is 1.29 bits per heavy atom. The van der Waals surface area contributed by atoms with Crippen molar-refractivity contribution in [1.29, 1.82) is 0 Å². The van der Waals surface area contributed by atoms with Gasteiger partial charge in [-0.3, -0.25) is 9.69 Å². The number of primary amides is 1. The maximum absolute atomic E-state index is 12.8. The largest absolute Gasteiger partial charge is 0.369 e. The van der Waals surface area contributed by atoms with E-state index in [4.69, 9.17) is 5.73 Å². The van der Waals surface area contributed by atoms with Crippen LogP contribution >= 0.6 is 0 Å². The van der Waals surface area contributed by atoms with Gasteiger partial charge in [0.1, 0.15) is 5.82 Å². The van der Waals surface area contributed by atoms with Crippen molar-refractivity contribution >= 4 is 15.7 Å². The lowest BCUT2D eigenvalue weighted by Crippen LogP contribution is -2.39. The van der Waals surface area contributed by atoms with Crippen molar-refractivity contribution in [2.45, 2.75) is 31.2 Å². The Kier molecular flexibility index (Phi) is 6.29. The van der Waals surface area contributed by atoms with Gasteiger partial charge < -0.3 is 5.73 Å². The van der Waals surface area contributed by atoms with E-state index in [2.05, 4.69) is 0 Å². The van der Waals surface area contributed by atoms with Crippen LogP contribution in [0.2, 0.25) is 0 Å². The van der Waals surface area contributed by atoms with Crippen LogP contribution in [0.5, 0.6) is 0 Å². The van der Waals surface area contributed by atoms with Crippen LogP contribution in [0.4, 0.5) is 4.39 Å². The Morgan fingerprint density at radius 2 is 1.86 bits per heavy atom. The number of carbonyl (C=O) groups is 1. The molecule has 7 heteroatoms. The zero-order chi connectivity index (χ0) is 16.0. The van der Waals surface area contributed by atoms with Gasteiger partial charge >= 0.3 is 0 Å². The molecule has 1 amide bonds. The van der Waals surface area contributed by atoms with Crippen molar-refractivity contribution in [3.63, 3.8) is 0 Å². The number of sulfone groups is 1. The number of nitrogens with zero attached hydrogens (tertiary/aromatic N) is 1. The van der Waals surface area contributed by atoms with E-state index >= 15 is 0 Å². The molecule has 0 fully saturated rings. The molecule has 21 heavy (non-hydrogen) atoms. The van der Waals surface area contributed by atoms with Crippen LogP contribution in [0.3, 0.4) is 0 Å². The third-order valence-corrected chi connectivity index (χ3v) is 4.94. The second-order valence-electron chi connectivity index (χ2n) is 5.16. The summed E-state index contributed by atoms with van der Waals surface area (Å²) in [7, 11) is -3.44. The molecule has 0 spiro atoms. The predicted octanol–water partition coefficient (Wildman–Crippen LogP) is 1.19. The van der Waals surface area contributed by atoms with Gasteiger partial charge in [0.25, 0.3) is 0 Å². The van der Waals surface area contributed by atoms with Crippen LogP contribution in [0.1, 0.15) is 20.3 Å². The average Bonchev–Trinajstić information content (AvgIpc) is 2.37. The highest BCUT2D eigenvalue weighted by Crippen LogP contribution is 2.13. The Hall–Kier alpha value is -1.47. The summed E-state index contributed by atoms with van der Waals surface area (Å²) in [6.45, 7) is 4.39. The lowest BCUT2D eigenvalue weighted by molar-refractivity contribution is -0.119. The van der Waals surface area contributed by atoms with Crippen molar-refractivity contribution in [3.05, 3.63) is 30.1 Å². The van der Waals surface area contributed by atoms with E-state index in [1.165, 1.54) is 12.1 Å². The number of rotatable bonds is 8. The molecule has 0 saturated heterocycles. The number of amides is 1. The fourth-order valence-electron chi connectivity index (χ4n) is 1.94. The maximum atomic E-state index is 12.8. The Balaban J connectivity index is 2.60. The molecular weight excluding hydrogens is 295 g/mol. The molecule has 0 heterocycles. The molecule has 0 unspecified atom stereocenters. The molecule has 2 N–H and O–H groups in total. The van der Waals surface area contributed by atoms with E-state index in [1.807, 2.05) is 18.7 Å². The highest BCUT2D eigenvalue weighted by atomic mass is 32.2. The SMILES string of the molecule is CC(C)N(CCCS(=O)(=O)c1ccc(F)cc1)CC(N)=O. The van der Waals surface area contributed by atoms with Gasteiger partial charge in [-0.25, -0.2) is 12.8 Å². The van der Waals surface area contributed by atoms with Crippen LogP contribution in [0, 0.1) is 5.82 Å². The molecule has 0 aromatic heterocycles. The van der Waals surface area contributed by atoms with E-state index in [1.54, 1.807) is 0 Å². The first-order chi connectivity index (χ1) is 9.72. The number of carbonyl (C=O) groups excluding carboxylic acids is 1. The number of hydrogen-bond donors (Lipinski definition) is 1. The fraction of sp³-hybridized carbons (Fsp3) is 0.500. The summed E-state index contributed by atoms with van der Waals surface area (Å²) in [5, 5.41) is 0. The quantitative estimate of drug-likeness (QED) is 0.730. The third kappa shape index (κ3) is 5.81.